The zero-order valence-electron chi connectivity index (χ0n) is 11.9. The fourth-order valence-corrected chi connectivity index (χ4v) is 3.00. The van der Waals surface area contributed by atoms with Crippen molar-refractivity contribution in [3.63, 3.8) is 0 Å². The maximum Gasteiger partial charge on any atom is 0.324 e. The molecule has 2 fully saturated rings. The van der Waals surface area contributed by atoms with E-state index in [-0.39, 0.29) is 11.7 Å². The molecule has 2 aliphatic rings. The summed E-state index contributed by atoms with van der Waals surface area (Å²) in [7, 11) is 0. The van der Waals surface area contributed by atoms with Crippen molar-refractivity contribution >= 4 is 5.97 Å². The van der Waals surface area contributed by atoms with Crippen molar-refractivity contribution in [2.75, 3.05) is 19.8 Å². The highest BCUT2D eigenvalue weighted by Gasteiger charge is 2.47. The molecule has 0 saturated carbocycles. The van der Waals surface area contributed by atoms with Crippen molar-refractivity contribution < 1.29 is 19.4 Å². The van der Waals surface area contributed by atoms with Gasteiger partial charge in [0.25, 0.3) is 0 Å². The Balaban J connectivity index is 2.02. The highest BCUT2D eigenvalue weighted by Crippen LogP contribution is 2.35. The first-order valence-electron chi connectivity index (χ1n) is 7.24. The Bertz CT molecular complexity index is 329. The van der Waals surface area contributed by atoms with Crippen LogP contribution in [-0.2, 0) is 14.3 Å². The topological polar surface area (TPSA) is 67.8 Å². The van der Waals surface area contributed by atoms with Crippen LogP contribution in [0.4, 0.5) is 0 Å². The first kappa shape index (κ1) is 14.8. The molecule has 0 aromatic rings. The van der Waals surface area contributed by atoms with Crippen molar-refractivity contribution in [1.82, 2.24) is 5.32 Å². The molecular formula is C14H25NO4. The number of rotatable bonds is 5. The number of carboxylic acids is 1. The lowest BCUT2D eigenvalue weighted by Crippen LogP contribution is -2.61. The highest BCUT2D eigenvalue weighted by atomic mass is 16.5. The number of ether oxygens (including phenoxy) is 2. The van der Waals surface area contributed by atoms with Gasteiger partial charge in [-0.05, 0) is 32.6 Å². The average molecular weight is 271 g/mol. The van der Waals surface area contributed by atoms with Crippen molar-refractivity contribution in [1.29, 1.82) is 0 Å². The summed E-state index contributed by atoms with van der Waals surface area (Å²) in [5.74, 6) is -0.770. The minimum Gasteiger partial charge on any atom is -0.480 e. The molecule has 0 bridgehead atoms. The van der Waals surface area contributed by atoms with Crippen LogP contribution in [0.1, 0.15) is 46.0 Å². The molecule has 3 unspecified atom stereocenters. The van der Waals surface area contributed by atoms with Crippen LogP contribution in [0.25, 0.3) is 0 Å². The highest BCUT2D eigenvalue weighted by molar-refractivity contribution is 5.79. The Labute approximate surface area is 114 Å². The Hall–Kier alpha value is -0.650. The Morgan fingerprint density at radius 3 is 2.84 bits per heavy atom. The number of nitrogens with one attached hydrogen (secondary N) is 1. The fourth-order valence-electron chi connectivity index (χ4n) is 3.00. The van der Waals surface area contributed by atoms with Gasteiger partial charge in [-0.2, -0.15) is 0 Å². The molecule has 5 nitrogen and oxygen atoms in total. The minimum atomic E-state index is -0.866. The number of aliphatic carboxylic acids is 1. The van der Waals surface area contributed by atoms with E-state index < -0.39 is 11.5 Å². The Kier molecular flexibility index (Phi) is 4.48. The van der Waals surface area contributed by atoms with Gasteiger partial charge < -0.3 is 14.6 Å². The Morgan fingerprint density at radius 1 is 1.47 bits per heavy atom. The largest absolute Gasteiger partial charge is 0.480 e. The minimum absolute atomic E-state index is 0.159. The normalized spacial score (nSPS) is 39.4. The fraction of sp³-hybridized carbons (Fsp3) is 0.929. The molecule has 2 N–H and O–H groups in total. The van der Waals surface area contributed by atoms with Gasteiger partial charge in [-0.15, -0.1) is 0 Å². The van der Waals surface area contributed by atoms with E-state index in [0.29, 0.717) is 26.0 Å². The lowest BCUT2D eigenvalue weighted by atomic mass is 9.79. The number of hydrogen-bond donors (Lipinski definition) is 2. The maximum atomic E-state index is 11.7. The molecule has 110 valence electrons. The van der Waals surface area contributed by atoms with Crippen molar-refractivity contribution in [2.45, 2.75) is 63.2 Å². The van der Waals surface area contributed by atoms with Crippen LogP contribution in [0.2, 0.25) is 0 Å². The van der Waals surface area contributed by atoms with E-state index in [1.165, 1.54) is 0 Å². The zero-order chi connectivity index (χ0) is 13.9. The third-order valence-corrected chi connectivity index (χ3v) is 4.50. The van der Waals surface area contributed by atoms with Gasteiger partial charge in [-0.25, -0.2) is 0 Å². The molecule has 2 saturated heterocycles. The van der Waals surface area contributed by atoms with Crippen molar-refractivity contribution in [2.24, 2.45) is 0 Å². The summed E-state index contributed by atoms with van der Waals surface area (Å²) < 4.78 is 11.3. The molecule has 2 heterocycles. The summed E-state index contributed by atoms with van der Waals surface area (Å²) in [6.07, 6.45) is 4.10. The molecule has 2 rings (SSSR count). The summed E-state index contributed by atoms with van der Waals surface area (Å²) in [4.78, 5) is 11.7. The number of carbonyl (C=O) groups is 1. The summed E-state index contributed by atoms with van der Waals surface area (Å²) in [6, 6.07) is 0. The van der Waals surface area contributed by atoms with E-state index in [2.05, 4.69) is 5.32 Å². The van der Waals surface area contributed by atoms with Crippen LogP contribution in [0.3, 0.4) is 0 Å². The molecule has 0 spiro atoms. The zero-order valence-corrected chi connectivity index (χ0v) is 11.9. The Morgan fingerprint density at radius 2 is 2.26 bits per heavy atom. The van der Waals surface area contributed by atoms with Crippen molar-refractivity contribution in [3.8, 4) is 0 Å². The summed E-state index contributed by atoms with van der Waals surface area (Å²) >= 11 is 0. The third-order valence-electron chi connectivity index (χ3n) is 4.50. The molecule has 19 heavy (non-hydrogen) atoms. The molecule has 0 aromatic heterocycles. The second kappa shape index (κ2) is 5.77. The van der Waals surface area contributed by atoms with Gasteiger partial charge in [-0.3, -0.25) is 10.1 Å². The van der Waals surface area contributed by atoms with Gasteiger partial charge in [-0.1, -0.05) is 6.92 Å². The van der Waals surface area contributed by atoms with Gasteiger partial charge >= 0.3 is 5.97 Å². The second-order valence-corrected chi connectivity index (χ2v) is 5.98. The molecule has 0 aromatic carbocycles. The first-order valence-corrected chi connectivity index (χ1v) is 7.24. The van der Waals surface area contributed by atoms with Gasteiger partial charge in [0, 0.05) is 26.2 Å². The molecule has 5 heteroatoms. The molecule has 2 aliphatic heterocycles. The maximum absolute atomic E-state index is 11.7. The van der Waals surface area contributed by atoms with Crippen LogP contribution in [0.15, 0.2) is 0 Å². The van der Waals surface area contributed by atoms with Crippen LogP contribution in [0, 0.1) is 0 Å². The van der Waals surface area contributed by atoms with Crippen LogP contribution in [0.5, 0.6) is 0 Å². The lowest BCUT2D eigenvalue weighted by molar-refractivity contribution is -0.160. The van der Waals surface area contributed by atoms with Gasteiger partial charge in [0.05, 0.1) is 11.7 Å². The SMILES string of the molecule is CCC1(C)CC(NCC2CCCO2)(C(=O)O)CCO1. The van der Waals surface area contributed by atoms with E-state index in [9.17, 15) is 9.90 Å². The third kappa shape index (κ3) is 3.27. The van der Waals surface area contributed by atoms with Gasteiger partial charge in [0.15, 0.2) is 0 Å². The quantitative estimate of drug-likeness (QED) is 0.794. The second-order valence-electron chi connectivity index (χ2n) is 5.98. The monoisotopic (exact) mass is 271 g/mol. The van der Waals surface area contributed by atoms with E-state index >= 15 is 0 Å². The van der Waals surface area contributed by atoms with E-state index in [1.807, 2.05) is 13.8 Å². The van der Waals surface area contributed by atoms with E-state index in [4.69, 9.17) is 9.47 Å². The molecular weight excluding hydrogens is 246 g/mol. The standard InChI is InChI=1S/C14H25NO4/c1-3-13(2)10-14(12(16)17,6-8-19-13)15-9-11-5-4-7-18-11/h11,15H,3-10H2,1-2H3,(H,16,17). The van der Waals surface area contributed by atoms with E-state index in [1.54, 1.807) is 0 Å². The lowest BCUT2D eigenvalue weighted by Gasteiger charge is -2.44. The molecule has 0 radical (unpaired) electrons. The van der Waals surface area contributed by atoms with E-state index in [0.717, 1.165) is 25.9 Å². The predicted molar refractivity (Wildman–Crippen MR) is 71.2 cm³/mol. The smallest absolute Gasteiger partial charge is 0.324 e. The predicted octanol–water partition coefficient (Wildman–Crippen LogP) is 1.56. The average Bonchev–Trinajstić information content (AvgIpc) is 2.89. The summed E-state index contributed by atoms with van der Waals surface area (Å²) in [5, 5.41) is 12.9. The van der Waals surface area contributed by atoms with Crippen LogP contribution < -0.4 is 5.32 Å². The molecule has 0 amide bonds. The first-order chi connectivity index (χ1) is 9.00. The summed E-state index contributed by atoms with van der Waals surface area (Å²) in [6.45, 7) is 5.94. The van der Waals surface area contributed by atoms with Gasteiger partial charge in [0.1, 0.15) is 5.54 Å². The van der Waals surface area contributed by atoms with Crippen molar-refractivity contribution in [3.05, 3.63) is 0 Å². The number of hydrogen-bond acceptors (Lipinski definition) is 4. The van der Waals surface area contributed by atoms with Gasteiger partial charge in [0.2, 0.25) is 0 Å². The molecule has 3 atom stereocenters. The van der Waals surface area contributed by atoms with Crippen LogP contribution in [-0.4, -0.2) is 48.1 Å². The van der Waals surface area contributed by atoms with Crippen LogP contribution >= 0.6 is 0 Å². The molecule has 0 aliphatic carbocycles. The number of carboxylic acid groups (broad SMARTS) is 1. The summed E-state index contributed by atoms with van der Waals surface area (Å²) in [5.41, 5.74) is -1.21.